The first kappa shape index (κ1) is 21.8. The van der Waals surface area contributed by atoms with Gasteiger partial charge in [-0.25, -0.2) is 0 Å². The number of amides is 2. The number of carbonyl (C=O) groups excluding carboxylic acids is 2. The summed E-state index contributed by atoms with van der Waals surface area (Å²) in [6.07, 6.45) is 1.35. The molecule has 0 saturated carbocycles. The molecule has 6 nitrogen and oxygen atoms in total. The van der Waals surface area contributed by atoms with Gasteiger partial charge in [0.2, 0.25) is 5.91 Å². The molecule has 0 unspecified atom stereocenters. The predicted octanol–water partition coefficient (Wildman–Crippen LogP) is 3.49. The number of hydrogen-bond donors (Lipinski definition) is 0. The molecule has 0 spiro atoms. The van der Waals surface area contributed by atoms with Crippen molar-refractivity contribution in [2.75, 3.05) is 46.5 Å². The largest absolute Gasteiger partial charge is 0.497 e. The molecule has 2 saturated heterocycles. The average molecular weight is 487 g/mol. The Balaban J connectivity index is 1.47. The molecule has 0 aliphatic carbocycles. The summed E-state index contributed by atoms with van der Waals surface area (Å²) in [4.78, 5) is 30.4. The Morgan fingerprint density at radius 3 is 2.26 bits per heavy atom. The van der Waals surface area contributed by atoms with E-state index in [1.54, 1.807) is 19.2 Å². The molecule has 0 N–H and O–H groups in total. The van der Waals surface area contributed by atoms with E-state index < -0.39 is 5.41 Å². The van der Waals surface area contributed by atoms with Gasteiger partial charge in [0, 0.05) is 49.4 Å². The van der Waals surface area contributed by atoms with Gasteiger partial charge in [0.25, 0.3) is 5.91 Å². The zero-order valence-corrected chi connectivity index (χ0v) is 19.3. The van der Waals surface area contributed by atoms with Crippen LogP contribution in [-0.4, -0.2) is 68.1 Å². The van der Waals surface area contributed by atoms with E-state index in [1.807, 2.05) is 46.2 Å². The fourth-order valence-corrected chi connectivity index (χ4v) is 4.73. The van der Waals surface area contributed by atoms with Gasteiger partial charge in [-0.2, -0.15) is 0 Å². The maximum absolute atomic E-state index is 13.7. The molecule has 2 aliphatic rings. The number of ether oxygens (including phenoxy) is 2. The highest BCUT2D eigenvalue weighted by Gasteiger charge is 2.44. The van der Waals surface area contributed by atoms with E-state index in [0.717, 1.165) is 10.0 Å². The fourth-order valence-electron chi connectivity index (χ4n) is 4.47. The smallest absolute Gasteiger partial charge is 0.254 e. The van der Waals surface area contributed by atoms with Crippen LogP contribution in [-0.2, 0) is 14.9 Å². The second-order valence-electron chi connectivity index (χ2n) is 8.02. The number of carbonyl (C=O) groups is 2. The number of nitrogens with zero attached hydrogens (tertiary/aromatic N) is 2. The molecule has 164 valence electrons. The van der Waals surface area contributed by atoms with Crippen LogP contribution in [0, 0.1) is 0 Å². The van der Waals surface area contributed by atoms with Gasteiger partial charge in [-0.1, -0.05) is 34.1 Å². The fraction of sp³-hybridized carbons (Fsp3) is 0.417. The molecule has 2 aromatic carbocycles. The second-order valence-corrected chi connectivity index (χ2v) is 8.93. The molecular weight excluding hydrogens is 460 g/mol. The number of hydrogen-bond acceptors (Lipinski definition) is 4. The van der Waals surface area contributed by atoms with Crippen molar-refractivity contribution >= 4 is 27.7 Å². The van der Waals surface area contributed by atoms with Crippen molar-refractivity contribution in [1.29, 1.82) is 0 Å². The van der Waals surface area contributed by atoms with Gasteiger partial charge >= 0.3 is 0 Å². The number of rotatable bonds is 4. The van der Waals surface area contributed by atoms with Crippen LogP contribution in [0.3, 0.4) is 0 Å². The van der Waals surface area contributed by atoms with E-state index >= 15 is 0 Å². The zero-order valence-electron chi connectivity index (χ0n) is 17.7. The van der Waals surface area contributed by atoms with E-state index in [0.29, 0.717) is 63.5 Å². The highest BCUT2D eigenvalue weighted by molar-refractivity contribution is 9.10. The average Bonchev–Trinajstić information content (AvgIpc) is 2.84. The van der Waals surface area contributed by atoms with Crippen LogP contribution in [0.4, 0.5) is 0 Å². The Morgan fingerprint density at radius 1 is 0.968 bits per heavy atom. The lowest BCUT2D eigenvalue weighted by Gasteiger charge is -2.43. The highest BCUT2D eigenvalue weighted by atomic mass is 79.9. The van der Waals surface area contributed by atoms with Crippen molar-refractivity contribution in [3.8, 4) is 5.75 Å². The van der Waals surface area contributed by atoms with Gasteiger partial charge in [0.05, 0.1) is 12.5 Å². The normalized spacial score (nSPS) is 18.5. The predicted molar refractivity (Wildman–Crippen MR) is 121 cm³/mol. The number of piperazine rings is 1. The maximum atomic E-state index is 13.7. The molecule has 2 aliphatic heterocycles. The summed E-state index contributed by atoms with van der Waals surface area (Å²) in [5.74, 6) is 0.780. The number of methoxy groups -OCH3 is 1. The van der Waals surface area contributed by atoms with Crippen LogP contribution in [0.2, 0.25) is 0 Å². The van der Waals surface area contributed by atoms with Crippen molar-refractivity contribution < 1.29 is 19.1 Å². The first-order valence-corrected chi connectivity index (χ1v) is 11.4. The van der Waals surface area contributed by atoms with Crippen LogP contribution in [0.15, 0.2) is 53.0 Å². The number of halogens is 1. The third kappa shape index (κ3) is 4.48. The molecule has 2 aromatic rings. The summed E-state index contributed by atoms with van der Waals surface area (Å²) in [7, 11) is 1.59. The summed E-state index contributed by atoms with van der Waals surface area (Å²) < 4.78 is 11.8. The van der Waals surface area contributed by atoms with E-state index in [4.69, 9.17) is 9.47 Å². The van der Waals surface area contributed by atoms with Crippen molar-refractivity contribution in [2.24, 2.45) is 0 Å². The van der Waals surface area contributed by atoms with Crippen molar-refractivity contribution in [3.63, 3.8) is 0 Å². The van der Waals surface area contributed by atoms with Gasteiger partial charge in [0.15, 0.2) is 0 Å². The first-order chi connectivity index (χ1) is 15.0. The molecule has 0 aromatic heterocycles. The van der Waals surface area contributed by atoms with Crippen LogP contribution in [0.25, 0.3) is 0 Å². The monoisotopic (exact) mass is 486 g/mol. The summed E-state index contributed by atoms with van der Waals surface area (Å²) in [5, 5.41) is 0. The van der Waals surface area contributed by atoms with Crippen LogP contribution >= 0.6 is 15.9 Å². The van der Waals surface area contributed by atoms with E-state index in [1.165, 1.54) is 0 Å². The van der Waals surface area contributed by atoms with Crippen molar-refractivity contribution in [3.05, 3.63) is 64.1 Å². The van der Waals surface area contributed by atoms with E-state index in [2.05, 4.69) is 15.9 Å². The Bertz CT molecular complexity index is 933. The minimum absolute atomic E-state index is 0.0281. The molecule has 4 rings (SSSR count). The lowest BCUT2D eigenvalue weighted by Crippen LogP contribution is -2.56. The van der Waals surface area contributed by atoms with Gasteiger partial charge in [-0.3, -0.25) is 9.59 Å². The lowest BCUT2D eigenvalue weighted by atomic mass is 9.73. The molecule has 7 heteroatoms. The SMILES string of the molecule is COc1cccc(C(=O)N2CCN(C(=O)C3(c4ccc(Br)cc4)CCOCC3)CC2)c1. The zero-order chi connectivity index (χ0) is 21.8. The van der Waals surface area contributed by atoms with Crippen LogP contribution in [0.5, 0.6) is 5.75 Å². The summed E-state index contributed by atoms with van der Waals surface area (Å²) in [6.45, 7) is 3.27. The van der Waals surface area contributed by atoms with Gasteiger partial charge in [-0.15, -0.1) is 0 Å². The maximum Gasteiger partial charge on any atom is 0.254 e. The second kappa shape index (κ2) is 9.40. The molecule has 0 bridgehead atoms. The summed E-state index contributed by atoms with van der Waals surface area (Å²) in [6, 6.07) is 15.3. The Labute approximate surface area is 191 Å². The first-order valence-electron chi connectivity index (χ1n) is 10.6. The van der Waals surface area contributed by atoms with Crippen molar-refractivity contribution in [2.45, 2.75) is 18.3 Å². The minimum Gasteiger partial charge on any atom is -0.497 e. The molecule has 2 amide bonds. The Morgan fingerprint density at radius 2 is 1.61 bits per heavy atom. The third-order valence-electron chi connectivity index (χ3n) is 6.32. The molecule has 0 atom stereocenters. The van der Waals surface area contributed by atoms with Crippen LogP contribution in [0.1, 0.15) is 28.8 Å². The summed E-state index contributed by atoms with van der Waals surface area (Å²) in [5.41, 5.74) is 1.09. The number of benzene rings is 2. The van der Waals surface area contributed by atoms with Gasteiger partial charge in [0.1, 0.15) is 5.75 Å². The molecule has 31 heavy (non-hydrogen) atoms. The molecular formula is C24H27BrN2O4. The Hall–Kier alpha value is -2.38. The van der Waals surface area contributed by atoms with Crippen molar-refractivity contribution in [1.82, 2.24) is 9.80 Å². The third-order valence-corrected chi connectivity index (χ3v) is 6.85. The van der Waals surface area contributed by atoms with E-state index in [-0.39, 0.29) is 11.8 Å². The molecule has 0 radical (unpaired) electrons. The lowest BCUT2D eigenvalue weighted by molar-refractivity contribution is -0.142. The van der Waals surface area contributed by atoms with Crippen LogP contribution < -0.4 is 4.74 Å². The Kier molecular flexibility index (Phi) is 6.62. The molecule has 2 fully saturated rings. The van der Waals surface area contributed by atoms with Gasteiger partial charge in [-0.05, 0) is 48.7 Å². The minimum atomic E-state index is -0.558. The van der Waals surface area contributed by atoms with E-state index in [9.17, 15) is 9.59 Å². The molecule has 2 heterocycles. The standard InChI is InChI=1S/C24H27BrN2O4/c1-30-21-4-2-3-18(17-21)22(28)26-11-13-27(14-12-26)23(29)24(9-15-31-16-10-24)19-5-7-20(25)8-6-19/h2-8,17H,9-16H2,1H3. The topological polar surface area (TPSA) is 59.1 Å². The van der Waals surface area contributed by atoms with Gasteiger partial charge < -0.3 is 19.3 Å². The summed E-state index contributed by atoms with van der Waals surface area (Å²) >= 11 is 3.48. The quantitative estimate of drug-likeness (QED) is 0.663. The highest BCUT2D eigenvalue weighted by Crippen LogP contribution is 2.37.